The molecular formula is C13H19BrN2O. The van der Waals surface area contributed by atoms with Crippen molar-refractivity contribution in [3.63, 3.8) is 0 Å². The minimum Gasteiger partial charge on any atom is -0.398 e. The van der Waals surface area contributed by atoms with Crippen LogP contribution in [0.2, 0.25) is 0 Å². The Kier molecular flexibility index (Phi) is 3.94. The second-order valence-corrected chi connectivity index (χ2v) is 5.52. The van der Waals surface area contributed by atoms with Crippen LogP contribution < -0.4 is 10.6 Å². The van der Waals surface area contributed by atoms with Gasteiger partial charge in [0.25, 0.3) is 0 Å². The van der Waals surface area contributed by atoms with E-state index >= 15 is 0 Å². The molecule has 0 atom stereocenters. The van der Waals surface area contributed by atoms with Gasteiger partial charge in [-0.15, -0.1) is 0 Å². The molecule has 0 amide bonds. The molecule has 3 N–H and O–H groups in total. The maximum atomic E-state index is 9.20. The largest absolute Gasteiger partial charge is 0.398 e. The second-order valence-electron chi connectivity index (χ2n) is 4.66. The van der Waals surface area contributed by atoms with E-state index in [-0.39, 0.29) is 6.61 Å². The van der Waals surface area contributed by atoms with E-state index in [1.165, 1.54) is 19.3 Å². The first-order valence-corrected chi connectivity index (χ1v) is 6.86. The van der Waals surface area contributed by atoms with Crippen molar-refractivity contribution >= 4 is 27.3 Å². The van der Waals surface area contributed by atoms with Gasteiger partial charge in [0, 0.05) is 22.7 Å². The Bertz CT molecular complexity index is 405. The second kappa shape index (κ2) is 5.27. The smallest absolute Gasteiger partial charge is 0.0606 e. The zero-order valence-corrected chi connectivity index (χ0v) is 11.7. The molecule has 1 aromatic carbocycles. The van der Waals surface area contributed by atoms with Crippen molar-refractivity contribution in [2.75, 3.05) is 23.8 Å². The summed E-state index contributed by atoms with van der Waals surface area (Å²) in [6, 6.07) is 4.63. The van der Waals surface area contributed by atoms with Crippen LogP contribution >= 0.6 is 15.9 Å². The molecule has 0 spiro atoms. The van der Waals surface area contributed by atoms with Gasteiger partial charge in [0.05, 0.1) is 12.3 Å². The van der Waals surface area contributed by atoms with Crippen LogP contribution in [0.4, 0.5) is 11.4 Å². The van der Waals surface area contributed by atoms with Gasteiger partial charge >= 0.3 is 0 Å². The number of aryl methyl sites for hydroxylation is 1. The minimum atomic E-state index is 0.187. The summed E-state index contributed by atoms with van der Waals surface area (Å²) >= 11 is 3.57. The Morgan fingerprint density at radius 1 is 1.47 bits per heavy atom. The molecule has 1 aliphatic carbocycles. The van der Waals surface area contributed by atoms with Crippen molar-refractivity contribution in [1.82, 2.24) is 0 Å². The number of anilines is 2. The summed E-state index contributed by atoms with van der Waals surface area (Å²) in [6.45, 7) is 2.89. The van der Waals surface area contributed by atoms with E-state index in [9.17, 15) is 5.11 Å². The maximum absolute atomic E-state index is 9.20. The molecule has 2 rings (SSSR count). The molecule has 0 unspecified atom stereocenters. The van der Waals surface area contributed by atoms with E-state index in [1.54, 1.807) is 0 Å². The Morgan fingerprint density at radius 2 is 2.18 bits per heavy atom. The summed E-state index contributed by atoms with van der Waals surface area (Å²) in [4.78, 5) is 2.29. The van der Waals surface area contributed by atoms with Gasteiger partial charge in [0.1, 0.15) is 0 Å². The number of aliphatic hydroxyl groups excluding tert-OH is 1. The van der Waals surface area contributed by atoms with Crippen molar-refractivity contribution in [2.24, 2.45) is 0 Å². The third-order valence-corrected chi connectivity index (χ3v) is 4.14. The Hall–Kier alpha value is -0.740. The lowest BCUT2D eigenvalue weighted by Crippen LogP contribution is -2.42. The van der Waals surface area contributed by atoms with E-state index < -0.39 is 0 Å². The average Bonchev–Trinajstić information content (AvgIpc) is 2.20. The zero-order valence-electron chi connectivity index (χ0n) is 10.1. The highest BCUT2D eigenvalue weighted by atomic mass is 79.9. The monoisotopic (exact) mass is 298 g/mol. The highest BCUT2D eigenvalue weighted by Crippen LogP contribution is 2.36. The standard InChI is InChI=1S/C13H19BrN2O/c1-9-7-13(11(14)8-12(9)15)16(5-6-17)10-3-2-4-10/h7-8,10,17H,2-6,15H2,1H3. The van der Waals surface area contributed by atoms with E-state index in [1.807, 2.05) is 13.0 Å². The number of nitrogens with two attached hydrogens (primary N) is 1. The van der Waals surface area contributed by atoms with Gasteiger partial charge in [-0.2, -0.15) is 0 Å². The quantitative estimate of drug-likeness (QED) is 0.840. The number of nitrogen functional groups attached to an aromatic ring is 1. The summed E-state index contributed by atoms with van der Waals surface area (Å²) in [5.41, 5.74) is 8.93. The van der Waals surface area contributed by atoms with E-state index in [2.05, 4.69) is 26.9 Å². The molecule has 17 heavy (non-hydrogen) atoms. The Morgan fingerprint density at radius 3 is 2.71 bits per heavy atom. The van der Waals surface area contributed by atoms with Crippen LogP contribution in [-0.4, -0.2) is 24.3 Å². The highest BCUT2D eigenvalue weighted by molar-refractivity contribution is 9.10. The first kappa shape index (κ1) is 12.7. The average molecular weight is 299 g/mol. The van der Waals surface area contributed by atoms with E-state index in [0.29, 0.717) is 12.6 Å². The number of nitrogens with zero attached hydrogens (tertiary/aromatic N) is 1. The van der Waals surface area contributed by atoms with Crippen LogP contribution in [0.5, 0.6) is 0 Å². The Labute approximate surface area is 111 Å². The molecule has 1 saturated carbocycles. The normalized spacial score (nSPS) is 15.7. The molecule has 0 saturated heterocycles. The summed E-state index contributed by atoms with van der Waals surface area (Å²) in [5.74, 6) is 0. The molecule has 0 radical (unpaired) electrons. The molecule has 1 aliphatic rings. The van der Waals surface area contributed by atoms with Gasteiger partial charge in [-0.1, -0.05) is 0 Å². The lowest BCUT2D eigenvalue weighted by molar-refractivity contribution is 0.283. The van der Waals surface area contributed by atoms with Crippen LogP contribution in [0.25, 0.3) is 0 Å². The fourth-order valence-corrected chi connectivity index (χ4v) is 2.80. The lowest BCUT2D eigenvalue weighted by atomic mass is 9.91. The number of aliphatic hydroxyl groups is 1. The zero-order chi connectivity index (χ0) is 12.4. The van der Waals surface area contributed by atoms with Crippen molar-refractivity contribution in [3.8, 4) is 0 Å². The van der Waals surface area contributed by atoms with Gasteiger partial charge in [-0.3, -0.25) is 0 Å². The Balaban J connectivity index is 2.31. The van der Waals surface area contributed by atoms with Gasteiger partial charge in [-0.05, 0) is 59.8 Å². The van der Waals surface area contributed by atoms with Gasteiger partial charge in [0.15, 0.2) is 0 Å². The van der Waals surface area contributed by atoms with Crippen molar-refractivity contribution in [3.05, 3.63) is 22.2 Å². The fraction of sp³-hybridized carbons (Fsp3) is 0.538. The molecule has 0 aromatic heterocycles. The first-order chi connectivity index (χ1) is 8.13. The first-order valence-electron chi connectivity index (χ1n) is 6.06. The van der Waals surface area contributed by atoms with Gasteiger partial charge in [-0.25, -0.2) is 0 Å². The molecule has 1 aromatic rings. The predicted molar refractivity (Wildman–Crippen MR) is 75.4 cm³/mol. The SMILES string of the molecule is Cc1cc(N(CCO)C2CCC2)c(Br)cc1N. The number of hydrogen-bond donors (Lipinski definition) is 2. The third kappa shape index (κ3) is 2.58. The molecule has 0 heterocycles. The van der Waals surface area contributed by atoms with Crippen LogP contribution in [0.15, 0.2) is 16.6 Å². The molecule has 0 bridgehead atoms. The number of rotatable bonds is 4. The highest BCUT2D eigenvalue weighted by Gasteiger charge is 2.26. The van der Waals surface area contributed by atoms with Crippen molar-refractivity contribution in [2.45, 2.75) is 32.2 Å². The van der Waals surface area contributed by atoms with Crippen LogP contribution in [0.1, 0.15) is 24.8 Å². The molecular weight excluding hydrogens is 280 g/mol. The predicted octanol–water partition coefficient (Wildman–Crippen LogP) is 2.69. The number of halogens is 1. The lowest BCUT2D eigenvalue weighted by Gasteiger charge is -2.39. The van der Waals surface area contributed by atoms with Crippen LogP contribution in [0, 0.1) is 6.92 Å². The number of hydrogen-bond acceptors (Lipinski definition) is 3. The number of benzene rings is 1. The summed E-state index contributed by atoms with van der Waals surface area (Å²) in [5, 5.41) is 9.20. The molecule has 94 valence electrons. The maximum Gasteiger partial charge on any atom is 0.0606 e. The third-order valence-electron chi connectivity index (χ3n) is 3.50. The summed E-state index contributed by atoms with van der Waals surface area (Å²) < 4.78 is 1.01. The van der Waals surface area contributed by atoms with Crippen molar-refractivity contribution < 1.29 is 5.11 Å². The van der Waals surface area contributed by atoms with Gasteiger partial charge in [0.2, 0.25) is 0 Å². The van der Waals surface area contributed by atoms with Gasteiger partial charge < -0.3 is 15.7 Å². The summed E-state index contributed by atoms with van der Waals surface area (Å²) in [6.07, 6.45) is 3.73. The molecule has 1 fully saturated rings. The molecule has 0 aliphatic heterocycles. The molecule has 4 heteroatoms. The van der Waals surface area contributed by atoms with Crippen LogP contribution in [-0.2, 0) is 0 Å². The molecule has 3 nitrogen and oxygen atoms in total. The van der Waals surface area contributed by atoms with E-state index in [4.69, 9.17) is 5.73 Å². The van der Waals surface area contributed by atoms with Crippen LogP contribution in [0.3, 0.4) is 0 Å². The fourth-order valence-electron chi connectivity index (χ4n) is 2.21. The van der Waals surface area contributed by atoms with Crippen molar-refractivity contribution in [1.29, 1.82) is 0 Å². The van der Waals surface area contributed by atoms with E-state index in [0.717, 1.165) is 21.4 Å². The summed E-state index contributed by atoms with van der Waals surface area (Å²) in [7, 11) is 0. The minimum absolute atomic E-state index is 0.187. The topological polar surface area (TPSA) is 49.5 Å².